The van der Waals surface area contributed by atoms with E-state index in [9.17, 15) is 9.90 Å². The molecule has 0 spiro atoms. The van der Waals surface area contributed by atoms with Gasteiger partial charge in [-0.3, -0.25) is 4.79 Å². The highest BCUT2D eigenvalue weighted by Gasteiger charge is 2.02. The Bertz CT molecular complexity index is 686. The molecule has 114 valence electrons. The van der Waals surface area contributed by atoms with Crippen LogP contribution in [0.15, 0.2) is 52.0 Å². The summed E-state index contributed by atoms with van der Waals surface area (Å²) in [5.74, 6) is -0.314. The van der Waals surface area contributed by atoms with Crippen LogP contribution in [0, 0.1) is 0 Å². The summed E-state index contributed by atoms with van der Waals surface area (Å²) in [6.45, 7) is -0.167. The number of ether oxygens (including phenoxy) is 1. The maximum Gasteiger partial charge on any atom is 0.277 e. The van der Waals surface area contributed by atoms with Crippen molar-refractivity contribution in [2.75, 3.05) is 6.61 Å². The highest BCUT2D eigenvalue weighted by atomic mass is 79.9. The molecule has 0 bridgehead atoms. The molecule has 6 nitrogen and oxygen atoms in total. The molecule has 22 heavy (non-hydrogen) atoms. The lowest BCUT2D eigenvalue weighted by Crippen LogP contribution is -2.24. The molecule has 0 fully saturated rings. The van der Waals surface area contributed by atoms with Gasteiger partial charge in [-0.25, -0.2) is 5.43 Å². The van der Waals surface area contributed by atoms with Crippen molar-refractivity contribution in [1.29, 1.82) is 0 Å². The van der Waals surface area contributed by atoms with Gasteiger partial charge in [0.1, 0.15) is 5.75 Å². The van der Waals surface area contributed by atoms with Crippen LogP contribution in [-0.2, 0) is 4.79 Å². The van der Waals surface area contributed by atoms with Gasteiger partial charge in [0.15, 0.2) is 18.1 Å². The summed E-state index contributed by atoms with van der Waals surface area (Å²) in [5.41, 5.74) is 2.83. The zero-order valence-corrected chi connectivity index (χ0v) is 12.9. The van der Waals surface area contributed by atoms with Crippen LogP contribution in [0.4, 0.5) is 0 Å². The third-order valence-corrected chi connectivity index (χ3v) is 3.11. The minimum atomic E-state index is -0.415. The number of benzene rings is 2. The number of nitrogens with zero attached hydrogens (tertiary/aromatic N) is 1. The van der Waals surface area contributed by atoms with Gasteiger partial charge < -0.3 is 14.9 Å². The van der Waals surface area contributed by atoms with Crippen LogP contribution in [0.3, 0.4) is 0 Å². The molecule has 0 unspecified atom stereocenters. The van der Waals surface area contributed by atoms with Gasteiger partial charge in [-0.15, -0.1) is 0 Å². The highest BCUT2D eigenvalue weighted by Crippen LogP contribution is 2.23. The number of carbonyl (C=O) groups excluding carboxylic acids is 1. The molecule has 0 atom stereocenters. The molecular weight excluding hydrogens is 352 g/mol. The van der Waals surface area contributed by atoms with Gasteiger partial charge in [-0.1, -0.05) is 15.9 Å². The van der Waals surface area contributed by atoms with E-state index in [0.717, 1.165) is 4.47 Å². The molecule has 0 radical (unpaired) electrons. The van der Waals surface area contributed by atoms with Gasteiger partial charge in [-0.2, -0.15) is 5.10 Å². The summed E-state index contributed by atoms with van der Waals surface area (Å²) >= 11 is 3.30. The van der Waals surface area contributed by atoms with Crippen LogP contribution in [0.2, 0.25) is 0 Å². The number of aromatic hydroxyl groups is 2. The van der Waals surface area contributed by atoms with Gasteiger partial charge in [0.25, 0.3) is 5.91 Å². The third-order valence-electron chi connectivity index (χ3n) is 2.59. The fourth-order valence-corrected chi connectivity index (χ4v) is 1.78. The number of phenolic OH excluding ortho intramolecular Hbond substituents is 2. The Morgan fingerprint density at radius 1 is 1.18 bits per heavy atom. The number of hydrazone groups is 1. The Morgan fingerprint density at radius 2 is 1.91 bits per heavy atom. The average Bonchev–Trinajstić information content (AvgIpc) is 2.50. The number of amides is 1. The maximum atomic E-state index is 11.5. The van der Waals surface area contributed by atoms with Crippen molar-refractivity contribution in [1.82, 2.24) is 5.43 Å². The zero-order chi connectivity index (χ0) is 15.9. The summed E-state index contributed by atoms with van der Waals surface area (Å²) in [4.78, 5) is 11.5. The Kier molecular flexibility index (Phi) is 5.37. The molecule has 0 aliphatic heterocycles. The van der Waals surface area contributed by atoms with E-state index in [0.29, 0.717) is 11.3 Å². The smallest absolute Gasteiger partial charge is 0.277 e. The van der Waals surface area contributed by atoms with E-state index in [1.807, 2.05) is 12.1 Å². The topological polar surface area (TPSA) is 91.2 Å². The second-order valence-electron chi connectivity index (χ2n) is 4.28. The molecule has 0 saturated carbocycles. The first-order valence-corrected chi connectivity index (χ1v) is 7.06. The number of halogens is 1. The molecule has 0 heterocycles. The van der Waals surface area contributed by atoms with Gasteiger partial charge in [-0.05, 0) is 48.0 Å². The Morgan fingerprint density at radius 3 is 2.59 bits per heavy atom. The van der Waals surface area contributed by atoms with Crippen LogP contribution in [0.5, 0.6) is 17.2 Å². The number of phenols is 2. The molecule has 2 aromatic rings. The average molecular weight is 365 g/mol. The Balaban J connectivity index is 1.80. The molecule has 7 heteroatoms. The number of rotatable bonds is 5. The fraction of sp³-hybridized carbons (Fsp3) is 0.0667. The van der Waals surface area contributed by atoms with Crippen molar-refractivity contribution in [2.24, 2.45) is 5.10 Å². The molecule has 0 aliphatic carbocycles. The maximum absolute atomic E-state index is 11.5. The van der Waals surface area contributed by atoms with E-state index < -0.39 is 5.91 Å². The van der Waals surface area contributed by atoms with Crippen LogP contribution in [0.25, 0.3) is 0 Å². The quantitative estimate of drug-likeness (QED) is 0.431. The Labute approximate surface area is 135 Å². The molecule has 0 saturated heterocycles. The van der Waals surface area contributed by atoms with Crippen molar-refractivity contribution in [3.63, 3.8) is 0 Å². The van der Waals surface area contributed by atoms with E-state index in [1.165, 1.54) is 18.3 Å². The molecule has 0 aromatic heterocycles. The van der Waals surface area contributed by atoms with Gasteiger partial charge >= 0.3 is 0 Å². The summed E-state index contributed by atoms with van der Waals surface area (Å²) < 4.78 is 6.20. The first-order chi connectivity index (χ1) is 10.5. The SMILES string of the molecule is O=C(COc1ccc(Br)cc1)N/N=C/c1ccc(O)c(O)c1. The number of carbonyl (C=O) groups is 1. The number of nitrogens with one attached hydrogen (secondary N) is 1. The van der Waals surface area contributed by atoms with Gasteiger partial charge in [0.05, 0.1) is 6.21 Å². The van der Waals surface area contributed by atoms with Gasteiger partial charge in [0.2, 0.25) is 0 Å². The predicted molar refractivity (Wildman–Crippen MR) is 85.1 cm³/mol. The Hall–Kier alpha value is -2.54. The third kappa shape index (κ3) is 4.78. The molecule has 0 aliphatic rings. The lowest BCUT2D eigenvalue weighted by atomic mass is 10.2. The van der Waals surface area contributed by atoms with E-state index in [4.69, 9.17) is 9.84 Å². The lowest BCUT2D eigenvalue weighted by molar-refractivity contribution is -0.123. The van der Waals surface area contributed by atoms with E-state index in [2.05, 4.69) is 26.5 Å². The van der Waals surface area contributed by atoms with E-state index >= 15 is 0 Å². The predicted octanol–water partition coefficient (Wildman–Crippen LogP) is 2.39. The molecular formula is C15H13BrN2O4. The minimum absolute atomic E-state index is 0.167. The van der Waals surface area contributed by atoms with Crippen LogP contribution < -0.4 is 10.2 Å². The first-order valence-electron chi connectivity index (χ1n) is 6.27. The van der Waals surface area contributed by atoms with Crippen molar-refractivity contribution < 1.29 is 19.7 Å². The van der Waals surface area contributed by atoms with Crippen molar-refractivity contribution in [2.45, 2.75) is 0 Å². The lowest BCUT2D eigenvalue weighted by Gasteiger charge is -2.04. The molecule has 2 rings (SSSR count). The second kappa shape index (κ2) is 7.46. The largest absolute Gasteiger partial charge is 0.504 e. The van der Waals surface area contributed by atoms with Crippen LogP contribution in [0.1, 0.15) is 5.56 Å². The second-order valence-corrected chi connectivity index (χ2v) is 5.20. The van der Waals surface area contributed by atoms with Crippen molar-refractivity contribution in [3.8, 4) is 17.2 Å². The monoisotopic (exact) mass is 364 g/mol. The number of hydrogen-bond donors (Lipinski definition) is 3. The number of hydrogen-bond acceptors (Lipinski definition) is 5. The zero-order valence-electron chi connectivity index (χ0n) is 11.4. The minimum Gasteiger partial charge on any atom is -0.504 e. The molecule has 3 N–H and O–H groups in total. The molecule has 1 amide bonds. The highest BCUT2D eigenvalue weighted by molar-refractivity contribution is 9.10. The standard InChI is InChI=1S/C15H13BrN2O4/c16-11-2-4-12(5-3-11)22-9-15(21)18-17-8-10-1-6-13(19)14(20)7-10/h1-8,19-20H,9H2,(H,18,21)/b17-8+. The summed E-state index contributed by atoms with van der Waals surface area (Å²) in [6.07, 6.45) is 1.34. The van der Waals surface area contributed by atoms with Crippen LogP contribution in [-0.4, -0.2) is 28.9 Å². The van der Waals surface area contributed by atoms with Crippen molar-refractivity contribution in [3.05, 3.63) is 52.5 Å². The summed E-state index contributed by atoms with van der Waals surface area (Å²) in [6, 6.07) is 11.3. The van der Waals surface area contributed by atoms with E-state index in [-0.39, 0.29) is 18.1 Å². The normalized spacial score (nSPS) is 10.6. The van der Waals surface area contributed by atoms with E-state index in [1.54, 1.807) is 18.2 Å². The first kappa shape index (κ1) is 15.8. The van der Waals surface area contributed by atoms with Gasteiger partial charge in [0, 0.05) is 4.47 Å². The summed E-state index contributed by atoms with van der Waals surface area (Å²) in [5, 5.41) is 22.2. The van der Waals surface area contributed by atoms with Crippen molar-refractivity contribution >= 4 is 28.1 Å². The molecule has 2 aromatic carbocycles. The summed E-state index contributed by atoms with van der Waals surface area (Å²) in [7, 11) is 0. The van der Waals surface area contributed by atoms with Crippen LogP contribution >= 0.6 is 15.9 Å². The fourth-order valence-electron chi connectivity index (χ4n) is 1.51.